The van der Waals surface area contributed by atoms with Gasteiger partial charge in [-0.1, -0.05) is 124 Å². The fraction of sp³-hybridized carbons (Fsp3) is 1.00. The van der Waals surface area contributed by atoms with Crippen molar-refractivity contribution in [2.24, 2.45) is 0 Å². The highest BCUT2D eigenvalue weighted by Gasteiger charge is 2.19. The number of hydrogen-bond acceptors (Lipinski definition) is 4. The summed E-state index contributed by atoms with van der Waals surface area (Å²) in [6.07, 6.45) is 26.0. The van der Waals surface area contributed by atoms with Crippen molar-refractivity contribution in [2.45, 2.75) is 156 Å². The first-order chi connectivity index (χ1) is 17.1. The van der Waals surface area contributed by atoms with Crippen molar-refractivity contribution in [3.8, 4) is 0 Å². The van der Waals surface area contributed by atoms with Crippen LogP contribution in [0.4, 0.5) is 0 Å². The Morgan fingerprint density at radius 1 is 0.486 bits per heavy atom. The molecule has 5 nitrogen and oxygen atoms in total. The molecular formula is C29H62NO4P. The number of phosphoric acid groups is 1. The Labute approximate surface area is 219 Å². The van der Waals surface area contributed by atoms with Gasteiger partial charge in [-0.05, 0) is 51.7 Å². The Balaban J connectivity index is 3.91. The third-order valence-electron chi connectivity index (χ3n) is 6.78. The molecule has 212 valence electrons. The molecule has 0 rings (SSSR count). The van der Waals surface area contributed by atoms with Gasteiger partial charge >= 0.3 is 7.82 Å². The second kappa shape index (κ2) is 27.1. The van der Waals surface area contributed by atoms with Crippen molar-refractivity contribution >= 4 is 7.82 Å². The summed E-state index contributed by atoms with van der Waals surface area (Å²) in [4.78, 5) is 12.5. The van der Waals surface area contributed by atoms with Gasteiger partial charge in [-0.3, -0.25) is 9.05 Å². The van der Waals surface area contributed by atoms with Crippen LogP contribution >= 0.6 is 7.82 Å². The molecule has 0 spiro atoms. The maximum atomic E-state index is 12.0. The molecule has 1 N–H and O–H groups in total. The monoisotopic (exact) mass is 519 g/mol. The van der Waals surface area contributed by atoms with Gasteiger partial charge in [-0.2, -0.15) is 0 Å². The first kappa shape index (κ1) is 35.1. The lowest BCUT2D eigenvalue weighted by atomic mass is 10.1. The molecule has 6 heteroatoms. The van der Waals surface area contributed by atoms with Crippen molar-refractivity contribution in [3.05, 3.63) is 0 Å². The van der Waals surface area contributed by atoms with E-state index < -0.39 is 7.82 Å². The standard InChI is InChI=1S/C29H62NO4P/c1-4-7-10-13-15-20-25-30(26-21-16-14-11-8-5-2)27-22-17-19-24-29-34-35(31,32)33-28-23-18-12-9-6-3/h4-29H2,1-3H3,(H,31,32). The van der Waals surface area contributed by atoms with Gasteiger partial charge < -0.3 is 9.79 Å². The zero-order chi connectivity index (χ0) is 25.9. The van der Waals surface area contributed by atoms with E-state index in [0.29, 0.717) is 13.2 Å². The molecule has 0 aliphatic rings. The summed E-state index contributed by atoms with van der Waals surface area (Å²) in [5.74, 6) is 0. The number of rotatable bonds is 29. The molecule has 0 saturated heterocycles. The molecule has 0 aromatic rings. The first-order valence-electron chi connectivity index (χ1n) is 15.4. The lowest BCUT2D eigenvalue weighted by Crippen LogP contribution is -2.27. The van der Waals surface area contributed by atoms with Crippen molar-refractivity contribution < 1.29 is 18.5 Å². The lowest BCUT2D eigenvalue weighted by Gasteiger charge is -2.22. The summed E-state index contributed by atoms with van der Waals surface area (Å²) in [7, 11) is -3.87. The molecule has 0 saturated carbocycles. The van der Waals surface area contributed by atoms with E-state index >= 15 is 0 Å². The summed E-state index contributed by atoms with van der Waals surface area (Å²) in [6.45, 7) is 11.0. The molecule has 0 bridgehead atoms. The highest BCUT2D eigenvalue weighted by Crippen LogP contribution is 2.43. The molecule has 0 aliphatic carbocycles. The average Bonchev–Trinajstić information content (AvgIpc) is 2.84. The number of nitrogens with zero attached hydrogens (tertiary/aromatic N) is 1. The van der Waals surface area contributed by atoms with E-state index in [4.69, 9.17) is 9.05 Å². The number of hydrogen-bond donors (Lipinski definition) is 1. The quantitative estimate of drug-likeness (QED) is 0.0787. The summed E-state index contributed by atoms with van der Waals surface area (Å²) >= 11 is 0. The maximum Gasteiger partial charge on any atom is 0.472 e. The number of phosphoric ester groups is 1. The van der Waals surface area contributed by atoms with Crippen LogP contribution in [0.3, 0.4) is 0 Å². The van der Waals surface area contributed by atoms with E-state index in [1.54, 1.807) is 0 Å². The lowest BCUT2D eigenvalue weighted by molar-refractivity contribution is 0.145. The van der Waals surface area contributed by atoms with Gasteiger partial charge in [0.05, 0.1) is 13.2 Å². The molecule has 1 unspecified atom stereocenters. The minimum atomic E-state index is -3.87. The van der Waals surface area contributed by atoms with Crippen LogP contribution in [0.5, 0.6) is 0 Å². The van der Waals surface area contributed by atoms with Gasteiger partial charge in [0.1, 0.15) is 0 Å². The second-order valence-corrected chi connectivity index (χ2v) is 11.8. The zero-order valence-electron chi connectivity index (χ0n) is 24.0. The van der Waals surface area contributed by atoms with Crippen molar-refractivity contribution in [2.75, 3.05) is 32.8 Å². The summed E-state index contributed by atoms with van der Waals surface area (Å²) in [5.41, 5.74) is 0. The van der Waals surface area contributed by atoms with E-state index in [0.717, 1.165) is 38.5 Å². The topological polar surface area (TPSA) is 59.0 Å². The van der Waals surface area contributed by atoms with Gasteiger partial charge in [-0.15, -0.1) is 0 Å². The zero-order valence-corrected chi connectivity index (χ0v) is 24.8. The molecule has 0 fully saturated rings. The van der Waals surface area contributed by atoms with Crippen molar-refractivity contribution in [1.82, 2.24) is 4.90 Å². The Hall–Kier alpha value is 0.0700. The molecule has 35 heavy (non-hydrogen) atoms. The largest absolute Gasteiger partial charge is 0.472 e. The van der Waals surface area contributed by atoms with Crippen LogP contribution in [-0.2, 0) is 13.6 Å². The van der Waals surface area contributed by atoms with Gasteiger partial charge in [-0.25, -0.2) is 4.57 Å². The van der Waals surface area contributed by atoms with E-state index in [1.165, 1.54) is 116 Å². The fourth-order valence-electron chi connectivity index (χ4n) is 4.46. The van der Waals surface area contributed by atoms with Gasteiger partial charge in [0.15, 0.2) is 0 Å². The Bertz CT molecular complexity index is 448. The minimum Gasteiger partial charge on any atom is -0.303 e. The Morgan fingerprint density at radius 2 is 0.771 bits per heavy atom. The van der Waals surface area contributed by atoms with E-state index in [1.807, 2.05) is 0 Å². The van der Waals surface area contributed by atoms with E-state index in [9.17, 15) is 9.46 Å². The van der Waals surface area contributed by atoms with Gasteiger partial charge in [0, 0.05) is 0 Å². The van der Waals surface area contributed by atoms with Crippen LogP contribution in [0.15, 0.2) is 0 Å². The van der Waals surface area contributed by atoms with Crippen LogP contribution in [0.25, 0.3) is 0 Å². The minimum absolute atomic E-state index is 0.308. The molecule has 0 aromatic carbocycles. The summed E-state index contributed by atoms with van der Waals surface area (Å²) in [6, 6.07) is 0. The Kier molecular flexibility index (Phi) is 27.2. The van der Waals surface area contributed by atoms with E-state index in [-0.39, 0.29) is 0 Å². The predicted octanol–water partition coefficient (Wildman–Crippen LogP) is 9.67. The third kappa shape index (κ3) is 26.9. The normalized spacial score (nSPS) is 13.5. The summed E-state index contributed by atoms with van der Waals surface area (Å²) in [5, 5.41) is 0. The van der Waals surface area contributed by atoms with Gasteiger partial charge in [0.25, 0.3) is 0 Å². The highest BCUT2D eigenvalue weighted by molar-refractivity contribution is 7.47. The second-order valence-electron chi connectivity index (χ2n) is 10.3. The molecule has 1 atom stereocenters. The van der Waals surface area contributed by atoms with Crippen LogP contribution in [0.2, 0.25) is 0 Å². The van der Waals surface area contributed by atoms with Crippen LogP contribution in [-0.4, -0.2) is 42.6 Å². The predicted molar refractivity (Wildman–Crippen MR) is 152 cm³/mol. The Morgan fingerprint density at radius 3 is 1.11 bits per heavy atom. The maximum absolute atomic E-state index is 12.0. The SMILES string of the molecule is CCCCCCCCN(CCCCCCCC)CCCCCCOP(=O)(O)OCCCCCCC. The van der Waals surface area contributed by atoms with Gasteiger partial charge in [0.2, 0.25) is 0 Å². The highest BCUT2D eigenvalue weighted by atomic mass is 31.2. The molecule has 0 aromatic heterocycles. The smallest absolute Gasteiger partial charge is 0.303 e. The van der Waals surface area contributed by atoms with Crippen LogP contribution < -0.4 is 0 Å². The van der Waals surface area contributed by atoms with E-state index in [2.05, 4.69) is 25.7 Å². The molecule has 0 amide bonds. The van der Waals surface area contributed by atoms with Crippen LogP contribution in [0, 0.1) is 0 Å². The number of unbranched alkanes of at least 4 members (excludes halogenated alkanes) is 17. The first-order valence-corrected chi connectivity index (χ1v) is 16.9. The van der Waals surface area contributed by atoms with Crippen LogP contribution in [0.1, 0.15) is 156 Å². The molecule has 0 radical (unpaired) electrons. The third-order valence-corrected chi connectivity index (χ3v) is 7.80. The fourth-order valence-corrected chi connectivity index (χ4v) is 5.25. The average molecular weight is 520 g/mol. The molecule has 0 heterocycles. The van der Waals surface area contributed by atoms with Crippen molar-refractivity contribution in [3.63, 3.8) is 0 Å². The summed E-state index contributed by atoms with van der Waals surface area (Å²) < 4.78 is 22.2. The van der Waals surface area contributed by atoms with Crippen molar-refractivity contribution in [1.29, 1.82) is 0 Å². The molecule has 0 aliphatic heterocycles. The molecular weight excluding hydrogens is 457 g/mol.